The van der Waals surface area contributed by atoms with E-state index >= 15 is 0 Å². The van der Waals surface area contributed by atoms with Gasteiger partial charge >= 0.3 is 0 Å². The summed E-state index contributed by atoms with van der Waals surface area (Å²) in [6.07, 6.45) is 3.09. The van der Waals surface area contributed by atoms with Gasteiger partial charge in [-0.2, -0.15) is 4.31 Å². The summed E-state index contributed by atoms with van der Waals surface area (Å²) >= 11 is 1.41. The minimum atomic E-state index is -3.45. The lowest BCUT2D eigenvalue weighted by molar-refractivity contribution is -0.115. The molecule has 0 aliphatic carbocycles. The van der Waals surface area contributed by atoms with E-state index in [1.807, 2.05) is 35.7 Å². The summed E-state index contributed by atoms with van der Waals surface area (Å²) in [5, 5.41) is 5.41. The van der Waals surface area contributed by atoms with Crippen LogP contribution in [0.2, 0.25) is 0 Å². The maximum Gasteiger partial charge on any atom is 0.243 e. The molecule has 0 unspecified atom stereocenters. The van der Waals surface area contributed by atoms with Crippen molar-refractivity contribution in [2.24, 2.45) is 0 Å². The fourth-order valence-corrected chi connectivity index (χ4v) is 5.77. The molecule has 4 rings (SSSR count). The molecule has 1 saturated heterocycles. The number of rotatable bonds is 8. The molecule has 168 valence electrons. The first kappa shape index (κ1) is 22.4. The molecule has 2 heterocycles. The molecular formula is C23H25N3O4S2. The van der Waals surface area contributed by atoms with E-state index in [4.69, 9.17) is 4.74 Å². The van der Waals surface area contributed by atoms with E-state index in [2.05, 4.69) is 10.3 Å². The monoisotopic (exact) mass is 471 g/mol. The zero-order chi connectivity index (χ0) is 22.4. The second-order valence-corrected chi connectivity index (χ2v) is 10.4. The van der Waals surface area contributed by atoms with Gasteiger partial charge in [-0.15, -0.1) is 11.3 Å². The summed E-state index contributed by atoms with van der Waals surface area (Å²) in [6, 6.07) is 15.8. The molecule has 0 atom stereocenters. The number of sulfonamides is 1. The Kier molecular flexibility index (Phi) is 7.19. The average molecular weight is 472 g/mol. The van der Waals surface area contributed by atoms with Crippen molar-refractivity contribution in [3.63, 3.8) is 0 Å². The number of carbonyl (C=O) groups excluding carboxylic acids is 1. The number of ether oxygens (including phenoxy) is 1. The Bertz CT molecular complexity index is 1140. The van der Waals surface area contributed by atoms with Crippen LogP contribution in [0.1, 0.15) is 30.0 Å². The fraction of sp³-hybridized carbons (Fsp3) is 0.304. The third-order valence-corrected chi connectivity index (χ3v) is 7.94. The van der Waals surface area contributed by atoms with Gasteiger partial charge in [0.05, 0.1) is 17.0 Å². The molecule has 1 aliphatic rings. The van der Waals surface area contributed by atoms with Crippen LogP contribution in [-0.4, -0.2) is 36.7 Å². The largest absolute Gasteiger partial charge is 0.487 e. The summed E-state index contributed by atoms with van der Waals surface area (Å²) in [4.78, 5) is 16.9. The predicted molar refractivity (Wildman–Crippen MR) is 124 cm³/mol. The van der Waals surface area contributed by atoms with Gasteiger partial charge in [0.2, 0.25) is 15.9 Å². The van der Waals surface area contributed by atoms with Gasteiger partial charge in [-0.25, -0.2) is 13.4 Å². The molecule has 3 aromatic rings. The SMILES string of the molecule is O=C(Cc1nc(COc2ccc(S(=O)(=O)N3CCCCC3)cc2)cs1)Nc1ccccc1. The highest BCUT2D eigenvalue weighted by atomic mass is 32.2. The number of benzene rings is 2. The van der Waals surface area contributed by atoms with Gasteiger partial charge in [-0.1, -0.05) is 24.6 Å². The Hall–Kier alpha value is -2.75. The normalized spacial score (nSPS) is 14.8. The van der Waals surface area contributed by atoms with Gasteiger partial charge in [0.15, 0.2) is 0 Å². The van der Waals surface area contributed by atoms with Crippen molar-refractivity contribution in [3.05, 3.63) is 70.7 Å². The van der Waals surface area contributed by atoms with Gasteiger partial charge < -0.3 is 10.1 Å². The minimum absolute atomic E-state index is 0.122. The number of hydrogen-bond donors (Lipinski definition) is 1. The number of piperidine rings is 1. The van der Waals surface area contributed by atoms with E-state index in [-0.39, 0.29) is 23.8 Å². The van der Waals surface area contributed by atoms with E-state index < -0.39 is 10.0 Å². The summed E-state index contributed by atoms with van der Waals surface area (Å²) < 4.78 is 32.8. The van der Waals surface area contributed by atoms with Crippen molar-refractivity contribution in [2.45, 2.75) is 37.2 Å². The van der Waals surface area contributed by atoms with Gasteiger partial charge in [0.25, 0.3) is 0 Å². The number of nitrogens with one attached hydrogen (secondary N) is 1. The topological polar surface area (TPSA) is 88.6 Å². The molecule has 2 aromatic carbocycles. The van der Waals surface area contributed by atoms with E-state index in [1.54, 1.807) is 28.6 Å². The highest BCUT2D eigenvalue weighted by Crippen LogP contribution is 2.23. The lowest BCUT2D eigenvalue weighted by atomic mass is 10.2. The van der Waals surface area contributed by atoms with Crippen LogP contribution in [0.15, 0.2) is 64.9 Å². The first-order valence-electron chi connectivity index (χ1n) is 10.5. The molecular weight excluding hydrogens is 446 g/mol. The highest BCUT2D eigenvalue weighted by Gasteiger charge is 2.25. The summed E-state index contributed by atoms with van der Waals surface area (Å²) in [6.45, 7) is 1.40. The quantitative estimate of drug-likeness (QED) is 0.535. The molecule has 1 fully saturated rings. The predicted octanol–water partition coefficient (Wildman–Crippen LogP) is 4.08. The molecule has 1 amide bonds. The lowest BCUT2D eigenvalue weighted by Crippen LogP contribution is -2.35. The number of nitrogens with zero attached hydrogens (tertiary/aromatic N) is 2. The van der Waals surface area contributed by atoms with Crippen molar-refractivity contribution in [3.8, 4) is 5.75 Å². The van der Waals surface area contributed by atoms with Gasteiger partial charge in [0.1, 0.15) is 17.4 Å². The number of anilines is 1. The molecule has 7 nitrogen and oxygen atoms in total. The Labute approximate surface area is 192 Å². The molecule has 32 heavy (non-hydrogen) atoms. The van der Waals surface area contributed by atoms with E-state index in [9.17, 15) is 13.2 Å². The molecule has 0 saturated carbocycles. The highest BCUT2D eigenvalue weighted by molar-refractivity contribution is 7.89. The number of carbonyl (C=O) groups is 1. The number of hydrogen-bond acceptors (Lipinski definition) is 6. The van der Waals surface area contributed by atoms with Crippen molar-refractivity contribution in [1.29, 1.82) is 0 Å². The summed E-state index contributed by atoms with van der Waals surface area (Å²) in [7, 11) is -3.45. The molecule has 0 spiro atoms. The first-order valence-corrected chi connectivity index (χ1v) is 12.8. The fourth-order valence-electron chi connectivity index (χ4n) is 3.48. The maximum atomic E-state index is 12.7. The van der Waals surface area contributed by atoms with Gasteiger partial charge in [0, 0.05) is 24.2 Å². The van der Waals surface area contributed by atoms with Crippen LogP contribution in [0.5, 0.6) is 5.75 Å². The Morgan fingerprint density at radius 2 is 1.75 bits per heavy atom. The van der Waals surface area contributed by atoms with Crippen LogP contribution in [-0.2, 0) is 27.8 Å². The third kappa shape index (κ3) is 5.73. The zero-order valence-corrected chi connectivity index (χ0v) is 19.2. The van der Waals surface area contributed by atoms with Gasteiger partial charge in [-0.3, -0.25) is 4.79 Å². The number of para-hydroxylation sites is 1. The summed E-state index contributed by atoms with van der Waals surface area (Å²) in [5.74, 6) is 0.447. The van der Waals surface area contributed by atoms with Crippen molar-refractivity contribution in [2.75, 3.05) is 18.4 Å². The maximum absolute atomic E-state index is 12.7. The lowest BCUT2D eigenvalue weighted by Gasteiger charge is -2.25. The molecule has 9 heteroatoms. The van der Waals surface area contributed by atoms with Crippen molar-refractivity contribution < 1.29 is 17.9 Å². The molecule has 1 N–H and O–H groups in total. The number of aromatic nitrogens is 1. The van der Waals surface area contributed by atoms with E-state index in [1.165, 1.54) is 11.3 Å². The summed E-state index contributed by atoms with van der Waals surface area (Å²) in [5.41, 5.74) is 1.48. The van der Waals surface area contributed by atoms with Crippen LogP contribution >= 0.6 is 11.3 Å². The Balaban J connectivity index is 1.29. The average Bonchev–Trinajstić information content (AvgIpc) is 3.26. The second kappa shape index (κ2) is 10.2. The third-order valence-electron chi connectivity index (χ3n) is 5.13. The molecule has 0 radical (unpaired) electrons. The molecule has 1 aromatic heterocycles. The Morgan fingerprint density at radius 1 is 1.03 bits per heavy atom. The smallest absolute Gasteiger partial charge is 0.243 e. The van der Waals surface area contributed by atoms with Crippen molar-refractivity contribution in [1.82, 2.24) is 9.29 Å². The molecule has 1 aliphatic heterocycles. The van der Waals surface area contributed by atoms with Crippen LogP contribution in [0.4, 0.5) is 5.69 Å². The number of thiazole rings is 1. The van der Waals surface area contributed by atoms with Crippen LogP contribution in [0.25, 0.3) is 0 Å². The standard InChI is InChI=1S/C23H25N3O4S2/c27-22(24-18-7-3-1-4-8-18)15-23-25-19(17-31-23)16-30-20-9-11-21(12-10-20)32(28,29)26-13-5-2-6-14-26/h1,3-4,7-12,17H,2,5-6,13-16H2,(H,24,27). The van der Waals surface area contributed by atoms with Crippen molar-refractivity contribution >= 4 is 33.0 Å². The zero-order valence-electron chi connectivity index (χ0n) is 17.6. The molecule has 0 bridgehead atoms. The second-order valence-electron chi connectivity index (χ2n) is 7.55. The van der Waals surface area contributed by atoms with E-state index in [0.29, 0.717) is 23.8 Å². The number of amides is 1. The van der Waals surface area contributed by atoms with E-state index in [0.717, 1.165) is 30.6 Å². The minimum Gasteiger partial charge on any atom is -0.487 e. The van der Waals surface area contributed by atoms with Crippen LogP contribution in [0.3, 0.4) is 0 Å². The van der Waals surface area contributed by atoms with Crippen LogP contribution < -0.4 is 10.1 Å². The van der Waals surface area contributed by atoms with Crippen LogP contribution in [0, 0.1) is 0 Å². The first-order chi connectivity index (χ1) is 15.5. The Morgan fingerprint density at radius 3 is 2.47 bits per heavy atom. The van der Waals surface area contributed by atoms with Gasteiger partial charge in [-0.05, 0) is 49.2 Å².